The summed E-state index contributed by atoms with van der Waals surface area (Å²) in [6.07, 6.45) is 3.40. The molecule has 2 heterocycles. The summed E-state index contributed by atoms with van der Waals surface area (Å²) < 4.78 is 1.82. The second-order valence-corrected chi connectivity index (χ2v) is 3.18. The van der Waals surface area contributed by atoms with Crippen molar-refractivity contribution in [2.24, 2.45) is 0 Å². The summed E-state index contributed by atoms with van der Waals surface area (Å²) in [5.41, 5.74) is 1.91. The van der Waals surface area contributed by atoms with Crippen molar-refractivity contribution >= 4 is 11.6 Å². The Balaban J connectivity index is 2.44. The van der Waals surface area contributed by atoms with E-state index in [1.165, 1.54) is 0 Å². The summed E-state index contributed by atoms with van der Waals surface area (Å²) in [6, 6.07) is 3.90. The van der Waals surface area contributed by atoms with Crippen molar-refractivity contribution < 1.29 is 0 Å². The van der Waals surface area contributed by atoms with E-state index in [-0.39, 0.29) is 0 Å². The average molecular weight is 209 g/mol. The maximum Gasteiger partial charge on any atom is 0.152 e. The number of halogens is 1. The van der Waals surface area contributed by atoms with Crippen LogP contribution in [0.4, 0.5) is 0 Å². The van der Waals surface area contributed by atoms with Crippen LogP contribution >= 0.6 is 11.6 Å². The van der Waals surface area contributed by atoms with Crippen LogP contribution in [0.2, 0.25) is 0 Å². The van der Waals surface area contributed by atoms with E-state index in [2.05, 4.69) is 15.2 Å². The van der Waals surface area contributed by atoms with Gasteiger partial charge in [0.2, 0.25) is 0 Å². The molecule has 0 atom stereocenters. The normalized spacial score (nSPS) is 10.4. The molecule has 0 bridgehead atoms. The third-order valence-electron chi connectivity index (χ3n) is 1.91. The number of pyridine rings is 1. The first kappa shape index (κ1) is 9.15. The van der Waals surface area contributed by atoms with E-state index in [1.54, 1.807) is 12.5 Å². The fourth-order valence-corrected chi connectivity index (χ4v) is 1.35. The van der Waals surface area contributed by atoms with Crippen LogP contribution in [0, 0.1) is 6.92 Å². The molecule has 2 rings (SSSR count). The molecule has 0 N–H and O–H groups in total. The first-order valence-corrected chi connectivity index (χ1v) is 4.72. The molecule has 14 heavy (non-hydrogen) atoms. The van der Waals surface area contributed by atoms with E-state index in [0.29, 0.717) is 5.88 Å². The van der Waals surface area contributed by atoms with Gasteiger partial charge in [0.05, 0.1) is 17.8 Å². The van der Waals surface area contributed by atoms with Crippen LogP contribution in [-0.2, 0) is 5.88 Å². The Kier molecular flexibility index (Phi) is 2.45. The van der Waals surface area contributed by atoms with Gasteiger partial charge in [-0.25, -0.2) is 0 Å². The summed E-state index contributed by atoms with van der Waals surface area (Å²) in [4.78, 5) is 4.19. The van der Waals surface area contributed by atoms with Crippen LogP contribution in [0.25, 0.3) is 5.69 Å². The first-order valence-electron chi connectivity index (χ1n) is 4.19. The number of hydrogen-bond donors (Lipinski definition) is 0. The van der Waals surface area contributed by atoms with Crippen LogP contribution in [0.15, 0.2) is 24.7 Å². The fraction of sp³-hybridized carbons (Fsp3) is 0.222. The van der Waals surface area contributed by atoms with E-state index >= 15 is 0 Å². The Hall–Kier alpha value is -1.42. The zero-order valence-electron chi connectivity index (χ0n) is 7.68. The van der Waals surface area contributed by atoms with Gasteiger partial charge in [-0.2, -0.15) is 0 Å². The van der Waals surface area contributed by atoms with Gasteiger partial charge in [0.1, 0.15) is 6.33 Å². The molecule has 0 amide bonds. The molecule has 0 saturated carbocycles. The van der Waals surface area contributed by atoms with Crippen molar-refractivity contribution in [2.75, 3.05) is 0 Å². The minimum Gasteiger partial charge on any atom is -0.283 e. The molecule has 0 unspecified atom stereocenters. The van der Waals surface area contributed by atoms with E-state index in [4.69, 9.17) is 11.6 Å². The molecule has 4 nitrogen and oxygen atoms in total. The van der Waals surface area contributed by atoms with Gasteiger partial charge in [-0.3, -0.25) is 9.55 Å². The highest BCUT2D eigenvalue weighted by Gasteiger charge is 2.04. The highest BCUT2D eigenvalue weighted by atomic mass is 35.5. The number of hydrogen-bond acceptors (Lipinski definition) is 3. The van der Waals surface area contributed by atoms with Gasteiger partial charge in [-0.05, 0) is 19.1 Å². The number of alkyl halides is 1. The molecule has 2 aromatic heterocycles. The topological polar surface area (TPSA) is 43.6 Å². The van der Waals surface area contributed by atoms with Crippen LogP contribution < -0.4 is 0 Å². The minimum atomic E-state index is 0.341. The maximum atomic E-state index is 5.71. The molecule has 0 aliphatic carbocycles. The van der Waals surface area contributed by atoms with Gasteiger partial charge < -0.3 is 0 Å². The summed E-state index contributed by atoms with van der Waals surface area (Å²) >= 11 is 5.71. The van der Waals surface area contributed by atoms with Crippen molar-refractivity contribution in [3.63, 3.8) is 0 Å². The van der Waals surface area contributed by atoms with Crippen LogP contribution in [0.1, 0.15) is 11.5 Å². The van der Waals surface area contributed by atoms with Gasteiger partial charge in [-0.15, -0.1) is 21.8 Å². The monoisotopic (exact) mass is 208 g/mol. The predicted octanol–water partition coefficient (Wildman–Crippen LogP) is 1.71. The zero-order valence-corrected chi connectivity index (χ0v) is 8.44. The molecule has 72 valence electrons. The highest BCUT2D eigenvalue weighted by molar-refractivity contribution is 6.16. The lowest BCUT2D eigenvalue weighted by atomic mass is 10.3. The second-order valence-electron chi connectivity index (χ2n) is 2.91. The number of aryl methyl sites for hydroxylation is 1. The Labute approximate surface area is 86.6 Å². The van der Waals surface area contributed by atoms with Crippen molar-refractivity contribution in [3.8, 4) is 5.69 Å². The predicted molar refractivity (Wildman–Crippen MR) is 53.4 cm³/mol. The number of nitrogens with zero attached hydrogens (tertiary/aromatic N) is 4. The van der Waals surface area contributed by atoms with Crippen LogP contribution in [0.5, 0.6) is 0 Å². The quantitative estimate of drug-likeness (QED) is 0.706. The van der Waals surface area contributed by atoms with Gasteiger partial charge in [-0.1, -0.05) is 0 Å². The number of rotatable bonds is 2. The molecule has 0 aliphatic heterocycles. The van der Waals surface area contributed by atoms with E-state index in [9.17, 15) is 0 Å². The fourth-order valence-electron chi connectivity index (χ4n) is 1.17. The molecular formula is C9H9ClN4. The van der Waals surface area contributed by atoms with Crippen molar-refractivity contribution in [2.45, 2.75) is 12.8 Å². The van der Waals surface area contributed by atoms with Gasteiger partial charge in [0, 0.05) is 5.69 Å². The van der Waals surface area contributed by atoms with Crippen molar-refractivity contribution in [1.82, 2.24) is 19.7 Å². The Morgan fingerprint density at radius 1 is 1.43 bits per heavy atom. The van der Waals surface area contributed by atoms with E-state index in [1.807, 2.05) is 23.6 Å². The Morgan fingerprint density at radius 2 is 2.29 bits per heavy atom. The zero-order chi connectivity index (χ0) is 9.97. The molecule has 0 aromatic carbocycles. The SMILES string of the molecule is Cc1ccc(-n2cnnc2CCl)cn1. The van der Waals surface area contributed by atoms with Crippen LogP contribution in [0.3, 0.4) is 0 Å². The average Bonchev–Trinajstić information content (AvgIpc) is 2.67. The van der Waals surface area contributed by atoms with Gasteiger partial charge in [0.25, 0.3) is 0 Å². The molecule has 0 saturated heterocycles. The summed E-state index contributed by atoms with van der Waals surface area (Å²) in [5, 5.41) is 7.68. The van der Waals surface area contributed by atoms with E-state index in [0.717, 1.165) is 17.2 Å². The molecule has 0 fully saturated rings. The maximum absolute atomic E-state index is 5.71. The van der Waals surface area contributed by atoms with Gasteiger partial charge >= 0.3 is 0 Å². The standard InChI is InChI=1S/C9H9ClN4/c1-7-2-3-8(5-11-7)14-6-12-13-9(14)4-10/h2-3,5-6H,4H2,1H3. The molecule has 0 radical (unpaired) electrons. The largest absolute Gasteiger partial charge is 0.283 e. The van der Waals surface area contributed by atoms with Crippen molar-refractivity contribution in [3.05, 3.63) is 36.2 Å². The minimum absolute atomic E-state index is 0.341. The lowest BCUT2D eigenvalue weighted by molar-refractivity contribution is 0.941. The summed E-state index contributed by atoms with van der Waals surface area (Å²) in [5.74, 6) is 1.06. The van der Waals surface area contributed by atoms with Crippen molar-refractivity contribution in [1.29, 1.82) is 0 Å². The lowest BCUT2D eigenvalue weighted by Gasteiger charge is -2.03. The molecule has 5 heteroatoms. The molecule has 0 spiro atoms. The third kappa shape index (κ3) is 1.61. The second kappa shape index (κ2) is 3.75. The first-order chi connectivity index (χ1) is 6.81. The van der Waals surface area contributed by atoms with Gasteiger partial charge in [0.15, 0.2) is 5.82 Å². The molecule has 0 aliphatic rings. The Bertz CT molecular complexity index is 421. The van der Waals surface area contributed by atoms with E-state index < -0.39 is 0 Å². The molecule has 2 aromatic rings. The smallest absolute Gasteiger partial charge is 0.152 e. The van der Waals surface area contributed by atoms with Crippen LogP contribution in [-0.4, -0.2) is 19.7 Å². The number of aromatic nitrogens is 4. The summed E-state index contributed by atoms with van der Waals surface area (Å²) in [6.45, 7) is 1.94. The summed E-state index contributed by atoms with van der Waals surface area (Å²) in [7, 11) is 0. The lowest BCUT2D eigenvalue weighted by Crippen LogP contribution is -1.98. The third-order valence-corrected chi connectivity index (χ3v) is 2.15. The molecular weight excluding hydrogens is 200 g/mol. The highest BCUT2D eigenvalue weighted by Crippen LogP contribution is 2.09. The Morgan fingerprint density at radius 3 is 2.93 bits per heavy atom.